The van der Waals surface area contributed by atoms with E-state index in [1.54, 1.807) is 0 Å². The molecule has 0 radical (unpaired) electrons. The van der Waals surface area contributed by atoms with Crippen LogP contribution in [0.1, 0.15) is 45.3 Å². The van der Waals surface area contributed by atoms with Crippen molar-refractivity contribution >= 4 is 5.97 Å². The van der Waals surface area contributed by atoms with Crippen LogP contribution in [0.25, 0.3) is 0 Å². The second kappa shape index (κ2) is 5.69. The highest BCUT2D eigenvalue weighted by molar-refractivity contribution is 5.71. The molecule has 1 fully saturated rings. The maximum Gasteiger partial charge on any atom is 0.315 e. The highest BCUT2D eigenvalue weighted by Crippen LogP contribution is 2.16. The molecule has 2 rings (SSSR count). The Morgan fingerprint density at radius 1 is 1.47 bits per heavy atom. The molecule has 6 heteroatoms. The Morgan fingerprint density at radius 2 is 2.26 bits per heavy atom. The van der Waals surface area contributed by atoms with Gasteiger partial charge in [-0.15, -0.1) is 0 Å². The topological polar surface area (TPSA) is 74.5 Å². The predicted molar refractivity (Wildman–Crippen MR) is 66.5 cm³/mol. The number of carbonyl (C=O) groups excluding carboxylic acids is 1. The summed E-state index contributed by atoms with van der Waals surface area (Å²) in [6.07, 6.45) is 2.92. The zero-order chi connectivity index (χ0) is 13.9. The van der Waals surface area contributed by atoms with E-state index in [2.05, 4.69) is 10.1 Å². The lowest BCUT2D eigenvalue weighted by Crippen LogP contribution is -2.25. The smallest absolute Gasteiger partial charge is 0.315 e. The van der Waals surface area contributed by atoms with Gasteiger partial charge in [0, 0.05) is 13.0 Å². The Kier molecular flexibility index (Phi) is 4.19. The Balaban J connectivity index is 1.84. The zero-order valence-corrected chi connectivity index (χ0v) is 11.6. The fourth-order valence-electron chi connectivity index (χ4n) is 1.95. The molecule has 106 valence electrons. The molecule has 0 bridgehead atoms. The van der Waals surface area contributed by atoms with Crippen LogP contribution in [0, 0.1) is 0 Å². The lowest BCUT2D eigenvalue weighted by Gasteiger charge is -2.18. The van der Waals surface area contributed by atoms with Crippen molar-refractivity contribution in [3.8, 4) is 0 Å². The molecule has 0 aromatic carbocycles. The van der Waals surface area contributed by atoms with Gasteiger partial charge in [0.05, 0.1) is 6.10 Å². The van der Waals surface area contributed by atoms with Crippen LogP contribution in [-0.2, 0) is 27.1 Å². The summed E-state index contributed by atoms with van der Waals surface area (Å²) in [5, 5.41) is 3.86. The third-order valence-corrected chi connectivity index (χ3v) is 2.66. The minimum atomic E-state index is -0.502. The van der Waals surface area contributed by atoms with Crippen LogP contribution in [0.5, 0.6) is 0 Å². The van der Waals surface area contributed by atoms with Gasteiger partial charge >= 0.3 is 5.97 Å². The summed E-state index contributed by atoms with van der Waals surface area (Å²) in [5.41, 5.74) is -0.502. The minimum Gasteiger partial charge on any atom is -0.460 e. The molecule has 6 nitrogen and oxygen atoms in total. The first-order valence-corrected chi connectivity index (χ1v) is 6.57. The zero-order valence-electron chi connectivity index (χ0n) is 11.6. The van der Waals surface area contributed by atoms with Crippen molar-refractivity contribution in [3.63, 3.8) is 0 Å². The largest absolute Gasteiger partial charge is 0.460 e. The van der Waals surface area contributed by atoms with Crippen LogP contribution < -0.4 is 0 Å². The third-order valence-electron chi connectivity index (χ3n) is 2.66. The summed E-state index contributed by atoms with van der Waals surface area (Å²) >= 11 is 0. The second-order valence-corrected chi connectivity index (χ2v) is 5.71. The van der Waals surface area contributed by atoms with Crippen molar-refractivity contribution in [1.82, 2.24) is 10.1 Å². The molecule has 1 unspecified atom stereocenters. The molecule has 1 aromatic heterocycles. The van der Waals surface area contributed by atoms with E-state index < -0.39 is 5.60 Å². The molecule has 0 saturated carbocycles. The van der Waals surface area contributed by atoms with Crippen molar-refractivity contribution in [2.24, 2.45) is 0 Å². The van der Waals surface area contributed by atoms with Crippen LogP contribution in [0.15, 0.2) is 4.52 Å². The van der Waals surface area contributed by atoms with Crippen LogP contribution in [0.3, 0.4) is 0 Å². The summed E-state index contributed by atoms with van der Waals surface area (Å²) in [6.45, 7) is 6.26. The van der Waals surface area contributed by atoms with Gasteiger partial charge in [0.2, 0.25) is 5.89 Å². The maximum atomic E-state index is 11.6. The average Bonchev–Trinajstić information content (AvgIpc) is 2.88. The van der Waals surface area contributed by atoms with E-state index in [-0.39, 0.29) is 18.5 Å². The molecule has 1 aromatic rings. The minimum absolute atomic E-state index is 0.00972. The first-order chi connectivity index (χ1) is 8.92. The van der Waals surface area contributed by atoms with E-state index >= 15 is 0 Å². The Bertz CT molecular complexity index is 430. The number of hydrogen-bond donors (Lipinski definition) is 0. The van der Waals surface area contributed by atoms with E-state index in [0.717, 1.165) is 19.4 Å². The highest BCUT2D eigenvalue weighted by atomic mass is 16.6. The van der Waals surface area contributed by atoms with Crippen LogP contribution in [0.4, 0.5) is 0 Å². The van der Waals surface area contributed by atoms with Crippen LogP contribution in [0.2, 0.25) is 0 Å². The maximum absolute atomic E-state index is 11.6. The number of rotatable bonds is 4. The van der Waals surface area contributed by atoms with Gasteiger partial charge in [-0.2, -0.15) is 4.98 Å². The van der Waals surface area contributed by atoms with Gasteiger partial charge in [0.15, 0.2) is 5.82 Å². The van der Waals surface area contributed by atoms with Gasteiger partial charge in [-0.3, -0.25) is 4.79 Å². The lowest BCUT2D eigenvalue weighted by molar-refractivity contribution is -0.154. The summed E-state index contributed by atoms with van der Waals surface area (Å²) in [4.78, 5) is 15.8. The Labute approximate surface area is 112 Å². The van der Waals surface area contributed by atoms with E-state index in [0.29, 0.717) is 18.1 Å². The molecular weight excluding hydrogens is 248 g/mol. The number of hydrogen-bond acceptors (Lipinski definition) is 6. The Morgan fingerprint density at radius 3 is 2.89 bits per heavy atom. The summed E-state index contributed by atoms with van der Waals surface area (Å²) in [7, 11) is 0. The molecule has 19 heavy (non-hydrogen) atoms. The number of ether oxygens (including phenoxy) is 2. The van der Waals surface area contributed by atoms with Crippen molar-refractivity contribution in [3.05, 3.63) is 11.7 Å². The number of esters is 1. The van der Waals surface area contributed by atoms with Gasteiger partial charge in [0.1, 0.15) is 12.0 Å². The standard InChI is InChI=1S/C13H20N2O4/c1-13(2,3)18-12(16)8-11-14-10(15-19-11)7-9-5-4-6-17-9/h9H,4-8H2,1-3H3. The van der Waals surface area contributed by atoms with Crippen molar-refractivity contribution in [2.45, 2.75) is 58.2 Å². The number of aromatic nitrogens is 2. The van der Waals surface area contributed by atoms with E-state index in [4.69, 9.17) is 14.0 Å². The summed E-state index contributed by atoms with van der Waals surface area (Å²) < 4.78 is 15.7. The molecule has 2 heterocycles. The Hall–Kier alpha value is -1.43. The SMILES string of the molecule is CC(C)(C)OC(=O)Cc1nc(CC2CCCO2)no1. The highest BCUT2D eigenvalue weighted by Gasteiger charge is 2.21. The van der Waals surface area contributed by atoms with Gasteiger partial charge in [-0.25, -0.2) is 0 Å². The van der Waals surface area contributed by atoms with Crippen LogP contribution >= 0.6 is 0 Å². The molecule has 1 aliphatic rings. The quantitative estimate of drug-likeness (QED) is 0.773. The van der Waals surface area contributed by atoms with E-state index in [9.17, 15) is 4.79 Å². The van der Waals surface area contributed by atoms with Gasteiger partial charge in [-0.05, 0) is 33.6 Å². The first-order valence-electron chi connectivity index (χ1n) is 6.57. The van der Waals surface area contributed by atoms with E-state index in [1.165, 1.54) is 0 Å². The van der Waals surface area contributed by atoms with E-state index in [1.807, 2.05) is 20.8 Å². The van der Waals surface area contributed by atoms with Gasteiger partial charge in [-0.1, -0.05) is 5.16 Å². The van der Waals surface area contributed by atoms with Crippen LogP contribution in [-0.4, -0.2) is 34.4 Å². The third kappa shape index (κ3) is 4.63. The number of nitrogens with zero attached hydrogens (tertiary/aromatic N) is 2. The van der Waals surface area contributed by atoms with Crippen molar-refractivity contribution < 1.29 is 18.8 Å². The fraction of sp³-hybridized carbons (Fsp3) is 0.769. The summed E-state index contributed by atoms with van der Waals surface area (Å²) in [5.74, 6) is 0.521. The predicted octanol–water partition coefficient (Wildman–Crippen LogP) is 1.68. The average molecular weight is 268 g/mol. The molecular formula is C13H20N2O4. The molecule has 0 N–H and O–H groups in total. The molecule has 1 aliphatic heterocycles. The van der Waals surface area contributed by atoms with Crippen molar-refractivity contribution in [1.29, 1.82) is 0 Å². The molecule has 0 spiro atoms. The molecule has 1 atom stereocenters. The van der Waals surface area contributed by atoms with Crippen molar-refractivity contribution in [2.75, 3.05) is 6.61 Å². The summed E-state index contributed by atoms with van der Waals surface area (Å²) in [6, 6.07) is 0. The normalized spacial score (nSPS) is 19.6. The van der Waals surface area contributed by atoms with Gasteiger partial charge < -0.3 is 14.0 Å². The molecule has 1 saturated heterocycles. The molecule has 0 aliphatic carbocycles. The molecule has 0 amide bonds. The second-order valence-electron chi connectivity index (χ2n) is 5.71. The van der Waals surface area contributed by atoms with Gasteiger partial charge in [0.25, 0.3) is 0 Å². The number of carbonyl (C=O) groups is 1. The monoisotopic (exact) mass is 268 g/mol. The first kappa shape index (κ1) is 14.0. The fourth-order valence-corrected chi connectivity index (χ4v) is 1.95. The lowest BCUT2D eigenvalue weighted by atomic mass is 10.2.